The molecular weight excluding hydrogens is 434 g/mol. The van der Waals surface area contributed by atoms with Crippen LogP contribution in [0.15, 0.2) is 83.5 Å². The Bertz CT molecular complexity index is 1250. The lowest BCUT2D eigenvalue weighted by Crippen LogP contribution is -2.31. The zero-order valence-corrected chi connectivity index (χ0v) is 18.7. The lowest BCUT2D eigenvalue weighted by molar-refractivity contribution is 0.0681. The first-order valence-corrected chi connectivity index (χ1v) is 11.3. The number of halogens is 2. The van der Waals surface area contributed by atoms with E-state index in [0.717, 1.165) is 41.7 Å². The van der Waals surface area contributed by atoms with Crippen molar-refractivity contribution in [3.63, 3.8) is 0 Å². The van der Waals surface area contributed by atoms with E-state index in [-0.39, 0.29) is 29.5 Å². The molecule has 0 aromatic heterocycles. The summed E-state index contributed by atoms with van der Waals surface area (Å²) >= 11 is 0. The second-order valence-corrected chi connectivity index (χ2v) is 8.58. The molecule has 1 aliphatic heterocycles. The number of nitrogens with zero attached hydrogens (tertiary/aromatic N) is 2. The van der Waals surface area contributed by atoms with Crippen molar-refractivity contribution in [1.82, 2.24) is 5.01 Å². The Balaban J connectivity index is 1.56. The molecule has 0 saturated heterocycles. The summed E-state index contributed by atoms with van der Waals surface area (Å²) in [5.41, 5.74) is 4.14. The van der Waals surface area contributed by atoms with E-state index in [1.165, 1.54) is 24.3 Å². The lowest BCUT2D eigenvalue weighted by Gasteiger charge is -2.29. The van der Waals surface area contributed by atoms with Crippen LogP contribution in [-0.2, 0) is 0 Å². The fourth-order valence-electron chi connectivity index (χ4n) is 4.79. The van der Waals surface area contributed by atoms with E-state index < -0.39 is 0 Å². The van der Waals surface area contributed by atoms with Gasteiger partial charge in [-0.25, -0.2) is 13.8 Å². The molecule has 0 unspecified atom stereocenters. The van der Waals surface area contributed by atoms with Crippen LogP contribution < -0.4 is 4.74 Å². The highest BCUT2D eigenvalue weighted by Gasteiger charge is 2.43. The molecule has 172 valence electrons. The predicted octanol–water partition coefficient (Wildman–Crippen LogP) is 6.41. The van der Waals surface area contributed by atoms with Crippen molar-refractivity contribution in [3.05, 3.63) is 107 Å². The van der Waals surface area contributed by atoms with Crippen molar-refractivity contribution >= 4 is 17.7 Å². The summed E-state index contributed by atoms with van der Waals surface area (Å²) in [6.07, 6.45) is 4.66. The smallest absolute Gasteiger partial charge is 0.274 e. The topological polar surface area (TPSA) is 41.9 Å². The molecular formula is C28H24F2N2O2. The number of carbonyl (C=O) groups excluding carboxylic acids is 1. The number of fused-ring (bicyclic) bond motifs is 1. The van der Waals surface area contributed by atoms with Crippen molar-refractivity contribution < 1.29 is 18.3 Å². The van der Waals surface area contributed by atoms with Gasteiger partial charge in [0.05, 0.1) is 18.9 Å². The van der Waals surface area contributed by atoms with Gasteiger partial charge in [-0.05, 0) is 90.6 Å². The number of carbonyl (C=O) groups is 1. The van der Waals surface area contributed by atoms with E-state index in [9.17, 15) is 13.6 Å². The summed E-state index contributed by atoms with van der Waals surface area (Å²) in [4.78, 5) is 13.6. The zero-order valence-electron chi connectivity index (χ0n) is 18.7. The van der Waals surface area contributed by atoms with Crippen LogP contribution in [0.1, 0.15) is 46.8 Å². The van der Waals surface area contributed by atoms with Gasteiger partial charge in [0.1, 0.15) is 17.4 Å². The standard InChI is InChI=1S/C28H24F2N2O2/c1-34-24-15-9-20(10-16-24)28(33)32-27(19-7-13-23(30)14-8-19)25-4-2-3-21(26(25)31-32)17-18-5-11-22(29)12-6-18/h5-17,25,27H,2-4H2,1H3/b21-17+/t25-,27+/m0/s1. The van der Waals surface area contributed by atoms with Crippen molar-refractivity contribution in [2.75, 3.05) is 7.11 Å². The van der Waals surface area contributed by atoms with Crippen LogP contribution in [0, 0.1) is 17.6 Å². The Morgan fingerprint density at radius 3 is 2.26 bits per heavy atom. The first-order valence-electron chi connectivity index (χ1n) is 11.3. The summed E-state index contributed by atoms with van der Waals surface area (Å²) in [5.74, 6) is -0.170. The van der Waals surface area contributed by atoms with Gasteiger partial charge >= 0.3 is 0 Å². The first kappa shape index (κ1) is 22.0. The summed E-state index contributed by atoms with van der Waals surface area (Å²) in [6.45, 7) is 0. The van der Waals surface area contributed by atoms with Crippen LogP contribution in [0.4, 0.5) is 8.78 Å². The molecule has 5 rings (SSSR count). The van der Waals surface area contributed by atoms with Crippen LogP contribution in [-0.4, -0.2) is 23.7 Å². The molecule has 1 saturated carbocycles. The maximum absolute atomic E-state index is 13.7. The van der Waals surface area contributed by atoms with Gasteiger partial charge in [0, 0.05) is 11.5 Å². The minimum absolute atomic E-state index is 0.00638. The van der Waals surface area contributed by atoms with E-state index in [2.05, 4.69) is 0 Å². The Kier molecular flexibility index (Phi) is 5.97. The number of allylic oxidation sites excluding steroid dienone is 1. The molecule has 0 radical (unpaired) electrons. The molecule has 3 aromatic carbocycles. The van der Waals surface area contributed by atoms with E-state index >= 15 is 0 Å². The number of hydrogen-bond donors (Lipinski definition) is 0. The van der Waals surface area contributed by atoms with Gasteiger partial charge in [0.2, 0.25) is 0 Å². The summed E-state index contributed by atoms with van der Waals surface area (Å²) in [6, 6.07) is 19.2. The first-order chi connectivity index (χ1) is 16.5. The van der Waals surface area contributed by atoms with E-state index in [1.54, 1.807) is 60.6 Å². The molecule has 4 nitrogen and oxygen atoms in total. The van der Waals surface area contributed by atoms with Crippen molar-refractivity contribution in [2.45, 2.75) is 25.3 Å². The third-order valence-corrected chi connectivity index (χ3v) is 6.47. The van der Waals surface area contributed by atoms with Crippen molar-refractivity contribution in [1.29, 1.82) is 0 Å². The quantitative estimate of drug-likeness (QED) is 0.453. The minimum Gasteiger partial charge on any atom is -0.497 e. The van der Waals surface area contributed by atoms with E-state index in [1.807, 2.05) is 6.08 Å². The lowest BCUT2D eigenvalue weighted by atomic mass is 9.77. The Labute approximate surface area is 197 Å². The normalized spacial score (nSPS) is 20.7. The van der Waals surface area contributed by atoms with Crippen LogP contribution in [0.25, 0.3) is 6.08 Å². The molecule has 2 atom stereocenters. The number of ether oxygens (including phenoxy) is 1. The van der Waals surface area contributed by atoms with Gasteiger partial charge in [-0.15, -0.1) is 0 Å². The summed E-state index contributed by atoms with van der Waals surface area (Å²) < 4.78 is 32.3. The van der Waals surface area contributed by atoms with Gasteiger partial charge in [-0.1, -0.05) is 24.3 Å². The molecule has 34 heavy (non-hydrogen) atoms. The maximum atomic E-state index is 13.7. The maximum Gasteiger partial charge on any atom is 0.274 e. The van der Waals surface area contributed by atoms with Crippen LogP contribution in [0.3, 0.4) is 0 Å². The third kappa shape index (κ3) is 4.23. The average Bonchev–Trinajstić information content (AvgIpc) is 3.26. The van der Waals surface area contributed by atoms with Crippen molar-refractivity contribution in [3.8, 4) is 5.75 Å². The molecule has 3 aromatic rings. The third-order valence-electron chi connectivity index (χ3n) is 6.47. The minimum atomic E-state index is -0.331. The zero-order chi connectivity index (χ0) is 23.7. The fourth-order valence-corrected chi connectivity index (χ4v) is 4.79. The van der Waals surface area contributed by atoms with Gasteiger partial charge in [0.25, 0.3) is 5.91 Å². The van der Waals surface area contributed by atoms with Gasteiger partial charge in [-0.3, -0.25) is 4.79 Å². The van der Waals surface area contributed by atoms with Gasteiger partial charge < -0.3 is 4.74 Å². The van der Waals surface area contributed by atoms with E-state index in [0.29, 0.717) is 11.3 Å². The number of hydrazone groups is 1. The number of benzene rings is 3. The predicted molar refractivity (Wildman–Crippen MR) is 127 cm³/mol. The van der Waals surface area contributed by atoms with Gasteiger partial charge in [0.15, 0.2) is 0 Å². The Morgan fingerprint density at radius 1 is 0.971 bits per heavy atom. The SMILES string of the molecule is COc1ccc(C(=O)N2N=C3/C(=C/c4ccc(F)cc4)CCC[C@@H]3[C@H]2c2ccc(F)cc2)cc1. The monoisotopic (exact) mass is 458 g/mol. The summed E-state index contributed by atoms with van der Waals surface area (Å²) in [7, 11) is 1.58. The average molecular weight is 459 g/mol. The molecule has 2 aliphatic rings. The van der Waals surface area contributed by atoms with Crippen LogP contribution in [0.5, 0.6) is 5.75 Å². The molecule has 6 heteroatoms. The van der Waals surface area contributed by atoms with E-state index in [4.69, 9.17) is 9.84 Å². The molecule has 0 bridgehead atoms. The molecule has 1 aliphatic carbocycles. The second-order valence-electron chi connectivity index (χ2n) is 8.58. The molecule has 1 heterocycles. The number of amides is 1. The van der Waals surface area contributed by atoms with Crippen LogP contribution in [0.2, 0.25) is 0 Å². The van der Waals surface area contributed by atoms with Crippen LogP contribution >= 0.6 is 0 Å². The highest BCUT2D eigenvalue weighted by atomic mass is 19.1. The van der Waals surface area contributed by atoms with Gasteiger partial charge in [-0.2, -0.15) is 5.10 Å². The number of rotatable bonds is 4. The molecule has 0 N–H and O–H groups in total. The molecule has 0 spiro atoms. The fraction of sp³-hybridized carbons (Fsp3) is 0.214. The highest BCUT2D eigenvalue weighted by molar-refractivity contribution is 6.09. The Hall–Kier alpha value is -3.80. The number of methoxy groups -OCH3 is 1. The number of hydrogen-bond acceptors (Lipinski definition) is 3. The largest absolute Gasteiger partial charge is 0.497 e. The second kappa shape index (κ2) is 9.21. The molecule has 1 fully saturated rings. The Morgan fingerprint density at radius 2 is 1.62 bits per heavy atom. The molecule has 1 amide bonds. The summed E-state index contributed by atoms with van der Waals surface area (Å²) in [5, 5.41) is 6.38. The highest BCUT2D eigenvalue weighted by Crippen LogP contribution is 2.45. The van der Waals surface area contributed by atoms with Crippen molar-refractivity contribution in [2.24, 2.45) is 11.0 Å².